The maximum absolute atomic E-state index is 10.7. The minimum absolute atomic E-state index is 0.566. The molecule has 71 valence electrons. The molecule has 6 nitrogen and oxygen atoms in total. The summed E-state index contributed by atoms with van der Waals surface area (Å²) in [7, 11) is 0. The number of hydrogen-bond donors (Lipinski definition) is 4. The summed E-state index contributed by atoms with van der Waals surface area (Å²) in [4.78, 5) is 0. The number of hydrogen-bond acceptors (Lipinski definition) is 5. The lowest BCUT2D eigenvalue weighted by Crippen LogP contribution is -2.58. The second kappa shape index (κ2) is 3.65. The minimum atomic E-state index is -1.82. The molecule has 6 heteroatoms. The average molecular weight is 179 g/mol. The van der Waals surface area contributed by atoms with Gasteiger partial charge >= 0.3 is 0 Å². The first-order chi connectivity index (χ1) is 5.57. The molecule has 0 aromatic carbocycles. The Morgan fingerprint density at radius 1 is 1.08 bits per heavy atom. The van der Waals surface area contributed by atoms with Crippen molar-refractivity contribution in [2.45, 2.75) is 30.7 Å². The molecule has 0 aromatic rings. The molecule has 1 heterocycles. The molecule has 0 aromatic heterocycles. The molecule has 0 amide bonds. The van der Waals surface area contributed by atoms with Crippen LogP contribution in [0.4, 0.5) is 0 Å². The predicted molar refractivity (Wildman–Crippen MR) is 34.5 cm³/mol. The van der Waals surface area contributed by atoms with E-state index in [9.17, 15) is 5.11 Å². The fourth-order valence-electron chi connectivity index (χ4n) is 1.07. The Labute approximate surface area is 68.6 Å². The van der Waals surface area contributed by atoms with Crippen LogP contribution in [0, 0.1) is 0 Å². The summed E-state index contributed by atoms with van der Waals surface area (Å²) in [6, 6.07) is 0. The maximum Gasteiger partial charge on any atom is 0.220 e. The van der Waals surface area contributed by atoms with Gasteiger partial charge in [-0.2, -0.15) is 5.11 Å². The SMILES string of the molecule is [O][C@@H]1O[C@H](CO)[C@H](O)[C@H](O)[C@H]1O. The van der Waals surface area contributed by atoms with E-state index in [1.807, 2.05) is 0 Å². The van der Waals surface area contributed by atoms with Crippen molar-refractivity contribution >= 4 is 0 Å². The molecule has 0 spiro atoms. The van der Waals surface area contributed by atoms with Crippen LogP contribution in [-0.4, -0.2) is 57.7 Å². The van der Waals surface area contributed by atoms with Crippen molar-refractivity contribution < 1.29 is 30.3 Å². The van der Waals surface area contributed by atoms with Crippen molar-refractivity contribution in [2.24, 2.45) is 0 Å². The van der Waals surface area contributed by atoms with E-state index in [0.29, 0.717) is 0 Å². The van der Waals surface area contributed by atoms with Gasteiger partial charge in [0.2, 0.25) is 6.29 Å². The highest BCUT2D eigenvalue weighted by Crippen LogP contribution is 2.19. The van der Waals surface area contributed by atoms with E-state index < -0.39 is 37.3 Å². The van der Waals surface area contributed by atoms with Crippen LogP contribution >= 0.6 is 0 Å². The highest BCUT2D eigenvalue weighted by molar-refractivity contribution is 4.87. The van der Waals surface area contributed by atoms with E-state index in [1.54, 1.807) is 0 Å². The minimum Gasteiger partial charge on any atom is -0.394 e. The van der Waals surface area contributed by atoms with Gasteiger partial charge in [-0.05, 0) is 0 Å². The van der Waals surface area contributed by atoms with Gasteiger partial charge in [-0.15, -0.1) is 0 Å². The van der Waals surface area contributed by atoms with E-state index >= 15 is 0 Å². The van der Waals surface area contributed by atoms with Crippen LogP contribution in [0.25, 0.3) is 0 Å². The Morgan fingerprint density at radius 2 is 1.67 bits per heavy atom. The Kier molecular flexibility index (Phi) is 2.99. The monoisotopic (exact) mass is 179 g/mol. The van der Waals surface area contributed by atoms with Crippen LogP contribution in [0.1, 0.15) is 0 Å². The van der Waals surface area contributed by atoms with Crippen LogP contribution < -0.4 is 0 Å². The summed E-state index contributed by atoms with van der Waals surface area (Å²) in [5.74, 6) is 0. The summed E-state index contributed by atoms with van der Waals surface area (Å²) in [5.41, 5.74) is 0. The second-order valence-electron chi connectivity index (χ2n) is 2.70. The number of rotatable bonds is 1. The summed E-state index contributed by atoms with van der Waals surface area (Å²) < 4.78 is 4.46. The third kappa shape index (κ3) is 1.58. The zero-order valence-corrected chi connectivity index (χ0v) is 6.20. The van der Waals surface area contributed by atoms with Crippen molar-refractivity contribution in [2.75, 3.05) is 6.61 Å². The molecule has 1 saturated heterocycles. The van der Waals surface area contributed by atoms with Gasteiger partial charge in [0, 0.05) is 0 Å². The topological polar surface area (TPSA) is 110 Å². The second-order valence-corrected chi connectivity index (χ2v) is 2.70. The number of ether oxygens (including phenoxy) is 1. The molecule has 0 bridgehead atoms. The van der Waals surface area contributed by atoms with Crippen LogP contribution in [0.3, 0.4) is 0 Å². The Bertz CT molecular complexity index is 146. The van der Waals surface area contributed by atoms with Crippen molar-refractivity contribution in [1.82, 2.24) is 0 Å². The van der Waals surface area contributed by atoms with Gasteiger partial charge in [0.05, 0.1) is 6.61 Å². The first kappa shape index (κ1) is 9.85. The van der Waals surface area contributed by atoms with Crippen molar-refractivity contribution in [1.29, 1.82) is 0 Å². The van der Waals surface area contributed by atoms with Gasteiger partial charge in [-0.3, -0.25) is 0 Å². The Morgan fingerprint density at radius 3 is 2.17 bits per heavy atom. The average Bonchev–Trinajstić information content (AvgIpc) is 2.08. The summed E-state index contributed by atoms with van der Waals surface area (Å²) >= 11 is 0. The molecule has 1 radical (unpaired) electrons. The first-order valence-corrected chi connectivity index (χ1v) is 3.54. The standard InChI is InChI=1S/C6H11O6/c7-1-2-3(8)4(9)5(10)6(11)12-2/h2-10H,1H2/t2-,3+,4+,5-,6-/m1/s1. The zero-order chi connectivity index (χ0) is 9.30. The molecule has 0 saturated carbocycles. The molecule has 0 aliphatic carbocycles. The van der Waals surface area contributed by atoms with Gasteiger partial charge in [-0.1, -0.05) is 0 Å². The summed E-state index contributed by atoms with van der Waals surface area (Å²) in [6.45, 7) is -0.566. The lowest BCUT2D eigenvalue weighted by atomic mass is 10.00. The van der Waals surface area contributed by atoms with Crippen LogP contribution in [0.5, 0.6) is 0 Å². The number of aliphatic hydroxyl groups is 4. The highest BCUT2D eigenvalue weighted by Gasteiger charge is 2.43. The zero-order valence-electron chi connectivity index (χ0n) is 6.20. The molecule has 5 atom stereocenters. The van der Waals surface area contributed by atoms with Crippen molar-refractivity contribution in [3.05, 3.63) is 0 Å². The highest BCUT2D eigenvalue weighted by atomic mass is 16.6. The lowest BCUT2D eigenvalue weighted by molar-refractivity contribution is -0.303. The molecule has 12 heavy (non-hydrogen) atoms. The van der Waals surface area contributed by atoms with Crippen LogP contribution in [0.2, 0.25) is 0 Å². The van der Waals surface area contributed by atoms with Gasteiger partial charge in [0.25, 0.3) is 0 Å². The summed E-state index contributed by atoms with van der Waals surface area (Å²) in [6.07, 6.45) is -7.57. The molecule has 1 aliphatic rings. The fraction of sp³-hybridized carbons (Fsp3) is 1.00. The smallest absolute Gasteiger partial charge is 0.220 e. The molecule has 4 N–H and O–H groups in total. The third-order valence-corrected chi connectivity index (χ3v) is 1.85. The first-order valence-electron chi connectivity index (χ1n) is 3.54. The van der Waals surface area contributed by atoms with Crippen LogP contribution in [-0.2, 0) is 9.84 Å². The molecule has 1 rings (SSSR count). The van der Waals surface area contributed by atoms with Gasteiger partial charge in [0.1, 0.15) is 24.4 Å². The molecular formula is C6H11O6. The van der Waals surface area contributed by atoms with Gasteiger partial charge < -0.3 is 25.2 Å². The summed E-state index contributed by atoms with van der Waals surface area (Å²) in [5, 5.41) is 46.3. The number of aliphatic hydroxyl groups excluding tert-OH is 4. The maximum atomic E-state index is 10.7. The molecule has 1 fully saturated rings. The lowest BCUT2D eigenvalue weighted by Gasteiger charge is -2.36. The van der Waals surface area contributed by atoms with E-state index in [4.69, 9.17) is 20.4 Å². The molecule has 1 aliphatic heterocycles. The van der Waals surface area contributed by atoms with Gasteiger partial charge in [-0.25, -0.2) is 0 Å². The fourth-order valence-corrected chi connectivity index (χ4v) is 1.07. The van der Waals surface area contributed by atoms with E-state index in [-0.39, 0.29) is 0 Å². The quantitative estimate of drug-likeness (QED) is 0.348. The third-order valence-electron chi connectivity index (χ3n) is 1.85. The van der Waals surface area contributed by atoms with E-state index in [2.05, 4.69) is 4.74 Å². The van der Waals surface area contributed by atoms with Crippen molar-refractivity contribution in [3.63, 3.8) is 0 Å². The van der Waals surface area contributed by atoms with Gasteiger partial charge in [0.15, 0.2) is 0 Å². The van der Waals surface area contributed by atoms with E-state index in [0.717, 1.165) is 0 Å². The normalized spacial score (nSPS) is 49.2. The van der Waals surface area contributed by atoms with Crippen molar-refractivity contribution in [3.8, 4) is 0 Å². The Hall–Kier alpha value is -0.240. The predicted octanol–water partition coefficient (Wildman–Crippen LogP) is -2.78. The van der Waals surface area contributed by atoms with Crippen LogP contribution in [0.15, 0.2) is 0 Å². The largest absolute Gasteiger partial charge is 0.394 e. The Balaban J connectivity index is 2.63. The molecule has 0 unspecified atom stereocenters. The van der Waals surface area contributed by atoms with E-state index in [1.165, 1.54) is 0 Å². The molecular weight excluding hydrogens is 168 g/mol.